The highest BCUT2D eigenvalue weighted by molar-refractivity contribution is 6.35. The number of halogens is 3. The van der Waals surface area contributed by atoms with E-state index < -0.39 is 0 Å². The Morgan fingerprint density at radius 2 is 1.88 bits per heavy atom. The van der Waals surface area contributed by atoms with Gasteiger partial charge >= 0.3 is 0 Å². The van der Waals surface area contributed by atoms with E-state index in [2.05, 4.69) is 10.2 Å². The van der Waals surface area contributed by atoms with Gasteiger partial charge in [-0.05, 0) is 68.2 Å². The maximum absolute atomic E-state index is 12.7. The summed E-state index contributed by atoms with van der Waals surface area (Å²) in [6.45, 7) is 2.94. The van der Waals surface area contributed by atoms with Crippen molar-refractivity contribution in [3.63, 3.8) is 0 Å². The third kappa shape index (κ3) is 4.63. The number of carbonyl (C=O) groups is 1. The van der Waals surface area contributed by atoms with Gasteiger partial charge in [0.1, 0.15) is 0 Å². The quantitative estimate of drug-likeness (QED) is 0.784. The first-order valence-corrected chi connectivity index (χ1v) is 9.84. The fourth-order valence-corrected chi connectivity index (χ4v) is 4.36. The topological polar surface area (TPSA) is 32.3 Å². The first-order valence-electron chi connectivity index (χ1n) is 9.09. The number of benzene rings is 1. The Kier molecular flexibility index (Phi) is 6.20. The Morgan fingerprint density at radius 3 is 2.52 bits per heavy atom. The minimum absolute atomic E-state index is 0. The Hall–Kier alpha value is -0.480. The molecule has 2 saturated carbocycles. The predicted molar refractivity (Wildman–Crippen MR) is 105 cm³/mol. The van der Waals surface area contributed by atoms with Crippen LogP contribution in [0.2, 0.25) is 10.0 Å². The van der Waals surface area contributed by atoms with Crippen molar-refractivity contribution in [2.45, 2.75) is 44.1 Å². The van der Waals surface area contributed by atoms with Crippen LogP contribution >= 0.6 is 35.6 Å². The molecule has 2 unspecified atom stereocenters. The fraction of sp³-hybridized carbons (Fsp3) is 0.632. The van der Waals surface area contributed by atoms with Crippen molar-refractivity contribution in [2.24, 2.45) is 11.8 Å². The largest absolute Gasteiger partial charge is 0.342 e. The number of likely N-dealkylation sites (tertiary alicyclic amines) is 1. The third-order valence-electron chi connectivity index (χ3n) is 5.67. The van der Waals surface area contributed by atoms with Crippen LogP contribution in [0.15, 0.2) is 18.2 Å². The van der Waals surface area contributed by atoms with E-state index in [1.54, 1.807) is 6.07 Å². The number of nitrogens with one attached hydrogen (secondary N) is 1. The Balaban J connectivity index is 0.00000182. The molecular formula is C19H25Cl3N2O. The molecule has 1 aromatic rings. The third-order valence-corrected chi connectivity index (χ3v) is 6.23. The summed E-state index contributed by atoms with van der Waals surface area (Å²) in [5.41, 5.74) is 1.07. The van der Waals surface area contributed by atoms with E-state index in [4.69, 9.17) is 23.2 Å². The number of nitrogens with zero attached hydrogens (tertiary/aromatic N) is 1. The van der Waals surface area contributed by atoms with Gasteiger partial charge in [-0.1, -0.05) is 29.3 Å². The molecule has 1 heterocycles. The molecule has 4 rings (SSSR count). The molecule has 2 aliphatic carbocycles. The highest BCUT2D eigenvalue weighted by atomic mass is 35.5. The van der Waals surface area contributed by atoms with Crippen LogP contribution in [0.1, 0.15) is 43.6 Å². The number of rotatable bonds is 5. The summed E-state index contributed by atoms with van der Waals surface area (Å²) in [6, 6.07) is 6.20. The zero-order valence-corrected chi connectivity index (χ0v) is 16.5. The molecular weight excluding hydrogens is 379 g/mol. The lowest BCUT2D eigenvalue weighted by atomic mass is 10.0. The Labute approximate surface area is 165 Å². The van der Waals surface area contributed by atoms with Gasteiger partial charge < -0.3 is 10.2 Å². The summed E-state index contributed by atoms with van der Waals surface area (Å²) >= 11 is 12.2. The van der Waals surface area contributed by atoms with Crippen LogP contribution in [0.5, 0.6) is 0 Å². The van der Waals surface area contributed by atoms with E-state index in [0.717, 1.165) is 43.8 Å². The molecule has 0 radical (unpaired) electrons. The van der Waals surface area contributed by atoms with Crippen LogP contribution in [-0.2, 0) is 4.79 Å². The van der Waals surface area contributed by atoms with E-state index >= 15 is 0 Å². The van der Waals surface area contributed by atoms with Gasteiger partial charge in [0.15, 0.2) is 0 Å². The first kappa shape index (κ1) is 19.3. The summed E-state index contributed by atoms with van der Waals surface area (Å²) in [4.78, 5) is 14.8. The second-order valence-electron chi connectivity index (χ2n) is 7.57. The highest BCUT2D eigenvalue weighted by Crippen LogP contribution is 2.51. The van der Waals surface area contributed by atoms with Gasteiger partial charge in [0.25, 0.3) is 0 Å². The van der Waals surface area contributed by atoms with Gasteiger partial charge in [0.2, 0.25) is 5.91 Å². The van der Waals surface area contributed by atoms with Crippen molar-refractivity contribution in [1.82, 2.24) is 10.2 Å². The van der Waals surface area contributed by atoms with Crippen molar-refractivity contribution in [1.29, 1.82) is 0 Å². The van der Waals surface area contributed by atoms with Crippen LogP contribution < -0.4 is 5.32 Å². The monoisotopic (exact) mass is 402 g/mol. The number of hydrogen-bond acceptors (Lipinski definition) is 2. The lowest BCUT2D eigenvalue weighted by Gasteiger charge is -2.33. The van der Waals surface area contributed by atoms with Crippen molar-refractivity contribution in [3.05, 3.63) is 33.8 Å². The minimum atomic E-state index is 0. The average molecular weight is 404 g/mol. The maximum atomic E-state index is 12.7. The predicted octanol–water partition coefficient (Wildman–Crippen LogP) is 4.51. The molecule has 1 saturated heterocycles. The second kappa shape index (κ2) is 8.04. The first-order chi connectivity index (χ1) is 11.6. The standard InChI is InChI=1S/C19H24Cl2N2O.ClH/c20-13-3-4-15(18(21)9-13)16-10-17(16)19(24)23-7-5-14(6-8-23)22-11-12-1-2-12;/h3-4,9,12,14,16-17,22H,1-2,5-8,10-11H2;1H. The number of carbonyl (C=O) groups excluding carboxylic acids is 1. The second-order valence-corrected chi connectivity index (χ2v) is 8.41. The van der Waals surface area contributed by atoms with Crippen molar-refractivity contribution < 1.29 is 4.79 Å². The van der Waals surface area contributed by atoms with Gasteiger partial charge in [-0.25, -0.2) is 0 Å². The number of piperidine rings is 1. The molecule has 1 aromatic carbocycles. The van der Waals surface area contributed by atoms with E-state index in [-0.39, 0.29) is 24.2 Å². The molecule has 0 aromatic heterocycles. The lowest BCUT2D eigenvalue weighted by molar-refractivity contribution is -0.133. The van der Waals surface area contributed by atoms with E-state index in [1.165, 1.54) is 19.4 Å². The van der Waals surface area contributed by atoms with E-state index in [1.807, 2.05) is 12.1 Å². The summed E-state index contributed by atoms with van der Waals surface area (Å²) in [5, 5.41) is 5.00. The molecule has 6 heteroatoms. The lowest BCUT2D eigenvalue weighted by Crippen LogP contribution is -2.46. The van der Waals surface area contributed by atoms with Crippen molar-refractivity contribution in [2.75, 3.05) is 19.6 Å². The van der Waals surface area contributed by atoms with E-state index in [9.17, 15) is 4.79 Å². The van der Waals surface area contributed by atoms with Crippen LogP contribution in [0, 0.1) is 11.8 Å². The number of hydrogen-bond donors (Lipinski definition) is 1. The summed E-state index contributed by atoms with van der Waals surface area (Å²) < 4.78 is 0. The zero-order chi connectivity index (χ0) is 16.7. The molecule has 2 atom stereocenters. The smallest absolute Gasteiger partial charge is 0.226 e. The molecule has 0 spiro atoms. The molecule has 3 nitrogen and oxygen atoms in total. The zero-order valence-electron chi connectivity index (χ0n) is 14.2. The van der Waals surface area contributed by atoms with Crippen molar-refractivity contribution in [3.8, 4) is 0 Å². The molecule has 3 aliphatic rings. The maximum Gasteiger partial charge on any atom is 0.226 e. The van der Waals surface area contributed by atoms with Gasteiger partial charge in [0.05, 0.1) is 0 Å². The van der Waals surface area contributed by atoms with Gasteiger partial charge in [-0.2, -0.15) is 0 Å². The van der Waals surface area contributed by atoms with Crippen LogP contribution in [0.4, 0.5) is 0 Å². The molecule has 1 aliphatic heterocycles. The summed E-state index contributed by atoms with van der Waals surface area (Å²) in [7, 11) is 0. The van der Waals surface area contributed by atoms with Crippen LogP contribution in [0.3, 0.4) is 0 Å². The Morgan fingerprint density at radius 1 is 1.16 bits per heavy atom. The molecule has 25 heavy (non-hydrogen) atoms. The number of amides is 1. The van der Waals surface area contributed by atoms with Gasteiger partial charge in [-0.15, -0.1) is 12.4 Å². The minimum Gasteiger partial charge on any atom is -0.342 e. The highest BCUT2D eigenvalue weighted by Gasteiger charge is 2.46. The van der Waals surface area contributed by atoms with E-state index in [0.29, 0.717) is 22.0 Å². The molecule has 138 valence electrons. The normalized spacial score (nSPS) is 26.2. The van der Waals surface area contributed by atoms with Crippen molar-refractivity contribution >= 4 is 41.5 Å². The average Bonchev–Trinajstić information content (AvgIpc) is 3.47. The molecule has 0 bridgehead atoms. The molecule has 1 N–H and O–H groups in total. The molecule has 1 amide bonds. The SMILES string of the molecule is Cl.O=C(C1CC1c1ccc(Cl)cc1Cl)N1CCC(NCC2CC2)CC1. The summed E-state index contributed by atoms with van der Waals surface area (Å²) in [5.74, 6) is 1.61. The fourth-order valence-electron chi connectivity index (χ4n) is 3.81. The summed E-state index contributed by atoms with van der Waals surface area (Å²) in [6.07, 6.45) is 5.86. The van der Waals surface area contributed by atoms with Gasteiger partial charge in [-0.3, -0.25) is 4.79 Å². The van der Waals surface area contributed by atoms with Crippen LogP contribution in [-0.4, -0.2) is 36.5 Å². The van der Waals surface area contributed by atoms with Gasteiger partial charge in [0, 0.05) is 35.1 Å². The van der Waals surface area contributed by atoms with Crippen LogP contribution in [0.25, 0.3) is 0 Å². The molecule has 3 fully saturated rings. The Bertz CT molecular complexity index is 627.